The van der Waals surface area contributed by atoms with Gasteiger partial charge >= 0.3 is 0 Å². The smallest absolute Gasteiger partial charge is 0.197 e. The van der Waals surface area contributed by atoms with Crippen molar-refractivity contribution in [2.24, 2.45) is 0 Å². The minimum atomic E-state index is -0.799. The standard InChI is InChI=1S/C15H11ClFO3/c1-19-12-8-7-11(13(17)15(12)20-2)14(18)9-3-5-10(16)6-4-9/h3-6,8H,1-2H3. The Labute approximate surface area is 120 Å². The fourth-order valence-electron chi connectivity index (χ4n) is 1.74. The zero-order valence-electron chi connectivity index (χ0n) is 10.9. The SMILES string of the molecule is COc1c[c]c(C(=O)c2ccc(Cl)cc2)c(F)c1OC. The van der Waals surface area contributed by atoms with Crippen LogP contribution in [0.4, 0.5) is 4.39 Å². The van der Waals surface area contributed by atoms with Gasteiger partial charge in [-0.1, -0.05) is 11.6 Å². The summed E-state index contributed by atoms with van der Waals surface area (Å²) in [6, 6.07) is 10.1. The summed E-state index contributed by atoms with van der Waals surface area (Å²) in [5.41, 5.74) is 0.113. The van der Waals surface area contributed by atoms with Gasteiger partial charge < -0.3 is 9.47 Å². The number of benzene rings is 2. The van der Waals surface area contributed by atoms with E-state index in [2.05, 4.69) is 6.07 Å². The molecule has 0 unspecified atom stereocenters. The highest BCUT2D eigenvalue weighted by Crippen LogP contribution is 2.32. The van der Waals surface area contributed by atoms with Crippen molar-refractivity contribution in [3.8, 4) is 11.5 Å². The Morgan fingerprint density at radius 3 is 2.40 bits per heavy atom. The summed E-state index contributed by atoms with van der Waals surface area (Å²) < 4.78 is 24.1. The molecule has 1 radical (unpaired) electrons. The van der Waals surface area contributed by atoms with Crippen molar-refractivity contribution in [1.29, 1.82) is 0 Å². The Balaban J connectivity index is 2.47. The van der Waals surface area contributed by atoms with Crippen LogP contribution in [0.3, 0.4) is 0 Å². The van der Waals surface area contributed by atoms with Crippen LogP contribution in [0.25, 0.3) is 0 Å². The Hall–Kier alpha value is -2.07. The van der Waals surface area contributed by atoms with E-state index in [-0.39, 0.29) is 17.1 Å². The number of methoxy groups -OCH3 is 2. The summed E-state index contributed by atoms with van der Waals surface area (Å²) in [5, 5.41) is 0.498. The molecule has 0 saturated heterocycles. The fraction of sp³-hybridized carbons (Fsp3) is 0.133. The second-order valence-corrected chi connectivity index (χ2v) is 4.35. The van der Waals surface area contributed by atoms with E-state index in [1.807, 2.05) is 0 Å². The largest absolute Gasteiger partial charge is 0.493 e. The molecule has 0 spiro atoms. The third-order valence-electron chi connectivity index (χ3n) is 2.75. The van der Waals surface area contributed by atoms with E-state index in [0.29, 0.717) is 10.6 Å². The van der Waals surface area contributed by atoms with Crippen LogP contribution in [0.5, 0.6) is 11.5 Å². The molecule has 5 heteroatoms. The lowest BCUT2D eigenvalue weighted by Crippen LogP contribution is -2.06. The summed E-state index contributed by atoms with van der Waals surface area (Å²) >= 11 is 5.75. The number of rotatable bonds is 4. The van der Waals surface area contributed by atoms with E-state index >= 15 is 0 Å². The lowest BCUT2D eigenvalue weighted by atomic mass is 10.0. The first-order chi connectivity index (χ1) is 9.58. The lowest BCUT2D eigenvalue weighted by molar-refractivity contribution is 0.103. The molecule has 2 rings (SSSR count). The predicted molar refractivity (Wildman–Crippen MR) is 73.2 cm³/mol. The van der Waals surface area contributed by atoms with E-state index in [1.165, 1.54) is 32.4 Å². The molecule has 0 N–H and O–H groups in total. The minimum absolute atomic E-state index is 0.122. The van der Waals surface area contributed by atoms with Gasteiger partial charge in [-0.3, -0.25) is 4.79 Å². The topological polar surface area (TPSA) is 35.5 Å². The first kappa shape index (κ1) is 14.3. The van der Waals surface area contributed by atoms with Gasteiger partial charge in [0.1, 0.15) is 0 Å². The number of carbonyl (C=O) groups is 1. The van der Waals surface area contributed by atoms with Gasteiger partial charge in [-0.25, -0.2) is 4.39 Å². The van der Waals surface area contributed by atoms with E-state index in [4.69, 9.17) is 21.1 Å². The van der Waals surface area contributed by atoms with Crippen LogP contribution in [0.2, 0.25) is 5.02 Å². The summed E-state index contributed by atoms with van der Waals surface area (Å²) in [7, 11) is 2.68. The van der Waals surface area contributed by atoms with Crippen LogP contribution in [-0.4, -0.2) is 20.0 Å². The van der Waals surface area contributed by atoms with Crippen LogP contribution in [0.1, 0.15) is 15.9 Å². The van der Waals surface area contributed by atoms with Gasteiger partial charge in [-0.05, 0) is 30.3 Å². The maximum absolute atomic E-state index is 14.3. The highest BCUT2D eigenvalue weighted by molar-refractivity contribution is 6.30. The second-order valence-electron chi connectivity index (χ2n) is 3.92. The summed E-state index contributed by atoms with van der Waals surface area (Å²) in [6.45, 7) is 0. The van der Waals surface area contributed by atoms with E-state index in [0.717, 1.165) is 0 Å². The molecule has 0 fully saturated rings. The van der Waals surface area contributed by atoms with Crippen LogP contribution in [-0.2, 0) is 0 Å². The molecule has 0 aliphatic carbocycles. The lowest BCUT2D eigenvalue weighted by Gasteiger charge is -2.10. The van der Waals surface area contributed by atoms with Gasteiger partial charge in [-0.15, -0.1) is 0 Å². The van der Waals surface area contributed by atoms with Crippen molar-refractivity contribution in [2.75, 3.05) is 14.2 Å². The minimum Gasteiger partial charge on any atom is -0.493 e. The fourth-order valence-corrected chi connectivity index (χ4v) is 1.87. The third kappa shape index (κ3) is 2.60. The quantitative estimate of drug-likeness (QED) is 0.809. The van der Waals surface area contributed by atoms with Gasteiger partial charge in [0.2, 0.25) is 0 Å². The molecule has 2 aromatic carbocycles. The molecule has 0 saturated carbocycles. The van der Waals surface area contributed by atoms with E-state index in [1.54, 1.807) is 12.1 Å². The molecule has 103 valence electrons. The number of halogens is 2. The highest BCUT2D eigenvalue weighted by atomic mass is 35.5. The zero-order chi connectivity index (χ0) is 14.7. The van der Waals surface area contributed by atoms with E-state index in [9.17, 15) is 9.18 Å². The van der Waals surface area contributed by atoms with Crippen molar-refractivity contribution in [3.05, 3.63) is 58.4 Å². The maximum Gasteiger partial charge on any atom is 0.197 e. The van der Waals surface area contributed by atoms with Gasteiger partial charge in [0.15, 0.2) is 23.1 Å². The zero-order valence-corrected chi connectivity index (χ0v) is 11.6. The Morgan fingerprint density at radius 2 is 1.85 bits per heavy atom. The number of carbonyl (C=O) groups excluding carboxylic acids is 1. The van der Waals surface area contributed by atoms with Gasteiger partial charge in [0, 0.05) is 16.7 Å². The number of ether oxygens (including phenoxy) is 2. The normalized spacial score (nSPS) is 10.2. The second kappa shape index (κ2) is 5.92. The molecule has 0 bridgehead atoms. The Bertz CT molecular complexity index is 638. The van der Waals surface area contributed by atoms with Crippen molar-refractivity contribution in [1.82, 2.24) is 0 Å². The number of hydrogen-bond acceptors (Lipinski definition) is 3. The van der Waals surface area contributed by atoms with Crippen molar-refractivity contribution in [2.45, 2.75) is 0 Å². The van der Waals surface area contributed by atoms with Crippen LogP contribution < -0.4 is 9.47 Å². The van der Waals surface area contributed by atoms with E-state index < -0.39 is 11.6 Å². The number of ketones is 1. The molecule has 0 aliphatic heterocycles. The van der Waals surface area contributed by atoms with Crippen molar-refractivity contribution < 1.29 is 18.7 Å². The average Bonchev–Trinajstić information content (AvgIpc) is 2.47. The summed E-state index contributed by atoms with van der Waals surface area (Å²) in [4.78, 5) is 12.2. The first-order valence-corrected chi connectivity index (χ1v) is 6.08. The van der Waals surface area contributed by atoms with Gasteiger partial charge in [0.25, 0.3) is 0 Å². The Morgan fingerprint density at radius 1 is 1.20 bits per heavy atom. The molecular formula is C15H11ClFO3. The van der Waals surface area contributed by atoms with Crippen LogP contribution in [0.15, 0.2) is 30.3 Å². The Kier molecular flexibility index (Phi) is 4.25. The maximum atomic E-state index is 14.3. The molecule has 0 aromatic heterocycles. The number of hydrogen-bond donors (Lipinski definition) is 0. The summed E-state index contributed by atoms with van der Waals surface area (Å²) in [5.74, 6) is -1.24. The molecular weight excluding hydrogens is 283 g/mol. The predicted octanol–water partition coefficient (Wildman–Crippen LogP) is 3.53. The summed E-state index contributed by atoms with van der Waals surface area (Å²) in [6.07, 6.45) is 0. The van der Waals surface area contributed by atoms with Crippen molar-refractivity contribution in [3.63, 3.8) is 0 Å². The molecule has 0 heterocycles. The molecule has 0 amide bonds. The molecule has 2 aromatic rings. The van der Waals surface area contributed by atoms with Crippen LogP contribution >= 0.6 is 11.6 Å². The third-order valence-corrected chi connectivity index (χ3v) is 3.00. The van der Waals surface area contributed by atoms with Crippen LogP contribution in [0, 0.1) is 11.9 Å². The van der Waals surface area contributed by atoms with Gasteiger partial charge in [0.05, 0.1) is 19.8 Å². The average molecular weight is 294 g/mol. The monoisotopic (exact) mass is 293 g/mol. The molecule has 3 nitrogen and oxygen atoms in total. The molecule has 20 heavy (non-hydrogen) atoms. The molecule has 0 aliphatic rings. The van der Waals surface area contributed by atoms with Crippen molar-refractivity contribution >= 4 is 17.4 Å². The first-order valence-electron chi connectivity index (χ1n) is 5.71. The van der Waals surface area contributed by atoms with Gasteiger partial charge in [-0.2, -0.15) is 0 Å². The highest BCUT2D eigenvalue weighted by Gasteiger charge is 2.21. The molecule has 0 atom stereocenters.